The first-order valence-corrected chi connectivity index (χ1v) is 6.09. The van der Waals surface area contributed by atoms with Gasteiger partial charge < -0.3 is 0 Å². The molecule has 0 bridgehead atoms. The summed E-state index contributed by atoms with van der Waals surface area (Å²) in [6, 6.07) is 0. The number of thioether (sulfide) groups is 1. The van der Waals surface area contributed by atoms with Crippen molar-refractivity contribution in [1.82, 2.24) is 0 Å². The van der Waals surface area contributed by atoms with Gasteiger partial charge in [0.05, 0.1) is 0 Å². The van der Waals surface area contributed by atoms with E-state index in [1.54, 1.807) is 0 Å². The van der Waals surface area contributed by atoms with Crippen LogP contribution in [0.5, 0.6) is 0 Å². The molecule has 0 aromatic rings. The van der Waals surface area contributed by atoms with E-state index < -0.39 is 0 Å². The molecule has 1 heterocycles. The van der Waals surface area contributed by atoms with Gasteiger partial charge in [-0.2, -0.15) is 0 Å². The molecule has 1 aliphatic heterocycles. The third kappa shape index (κ3) is 3.66. The number of hydrogen-bond acceptors (Lipinski definition) is 1. The second-order valence-electron chi connectivity index (χ2n) is 3.73. The van der Waals surface area contributed by atoms with Crippen LogP contribution in [0.25, 0.3) is 0 Å². The highest BCUT2D eigenvalue weighted by atomic mass is 32.2. The Hall–Kier alpha value is 0.0900. The van der Waals surface area contributed by atoms with Crippen molar-refractivity contribution in [3.8, 4) is 0 Å². The molecule has 0 aliphatic carbocycles. The summed E-state index contributed by atoms with van der Waals surface area (Å²) in [5.41, 5.74) is 0. The van der Waals surface area contributed by atoms with Gasteiger partial charge in [0.25, 0.3) is 0 Å². The third-order valence-corrected chi connectivity index (χ3v) is 3.64. The van der Waals surface area contributed by atoms with Gasteiger partial charge in [-0.15, -0.1) is 11.8 Å². The van der Waals surface area contributed by atoms with Crippen molar-refractivity contribution in [2.24, 2.45) is 5.92 Å². The fraction of sp³-hybridized carbons (Fsp3) is 0.818. The Morgan fingerprint density at radius 2 is 2.08 bits per heavy atom. The molecule has 1 rings (SSSR count). The second-order valence-corrected chi connectivity index (χ2v) is 5.08. The topological polar surface area (TPSA) is 0 Å². The minimum absolute atomic E-state index is 0.830. The van der Waals surface area contributed by atoms with E-state index in [1.807, 2.05) is 11.8 Å². The SMILES string of the molecule is CCC1/C=C\SC(C)CCCC1. The van der Waals surface area contributed by atoms with Gasteiger partial charge in [0.2, 0.25) is 0 Å². The standard InChI is InChI=1S/C11H20S/c1-3-11-7-5-4-6-10(2)12-9-8-11/h8-11H,3-7H2,1-2H3/b9-8-. The predicted octanol–water partition coefficient (Wildman–Crippen LogP) is 4.22. The number of hydrogen-bond donors (Lipinski definition) is 0. The van der Waals surface area contributed by atoms with Gasteiger partial charge in [-0.25, -0.2) is 0 Å². The van der Waals surface area contributed by atoms with Crippen molar-refractivity contribution in [3.63, 3.8) is 0 Å². The molecule has 0 N–H and O–H groups in total. The fourth-order valence-electron chi connectivity index (χ4n) is 1.63. The summed E-state index contributed by atoms with van der Waals surface area (Å²) in [5.74, 6) is 0.850. The van der Waals surface area contributed by atoms with Crippen LogP contribution < -0.4 is 0 Å². The van der Waals surface area contributed by atoms with E-state index in [1.165, 1.54) is 32.1 Å². The van der Waals surface area contributed by atoms with Crippen LogP contribution in [0.4, 0.5) is 0 Å². The van der Waals surface area contributed by atoms with Gasteiger partial charge in [-0.05, 0) is 30.6 Å². The molecule has 0 amide bonds. The fourth-order valence-corrected chi connectivity index (χ4v) is 2.52. The summed E-state index contributed by atoms with van der Waals surface area (Å²) in [5, 5.41) is 3.15. The van der Waals surface area contributed by atoms with Crippen molar-refractivity contribution in [2.75, 3.05) is 0 Å². The summed E-state index contributed by atoms with van der Waals surface area (Å²) in [4.78, 5) is 0. The molecule has 1 aliphatic rings. The first-order chi connectivity index (χ1) is 5.83. The maximum Gasteiger partial charge on any atom is 0.00600 e. The van der Waals surface area contributed by atoms with Crippen LogP contribution in [0, 0.1) is 5.92 Å². The van der Waals surface area contributed by atoms with E-state index in [-0.39, 0.29) is 0 Å². The lowest BCUT2D eigenvalue weighted by atomic mass is 9.99. The normalized spacial score (nSPS) is 34.8. The second kappa shape index (κ2) is 5.69. The van der Waals surface area contributed by atoms with E-state index >= 15 is 0 Å². The monoisotopic (exact) mass is 184 g/mol. The Morgan fingerprint density at radius 1 is 1.33 bits per heavy atom. The first-order valence-electron chi connectivity index (χ1n) is 5.15. The maximum absolute atomic E-state index is 2.41. The number of allylic oxidation sites excluding steroid dienone is 1. The van der Waals surface area contributed by atoms with Crippen molar-refractivity contribution in [2.45, 2.75) is 51.2 Å². The van der Waals surface area contributed by atoms with Gasteiger partial charge in [0.15, 0.2) is 0 Å². The van der Waals surface area contributed by atoms with E-state index in [0.29, 0.717) is 0 Å². The molecule has 2 unspecified atom stereocenters. The van der Waals surface area contributed by atoms with Crippen molar-refractivity contribution >= 4 is 11.8 Å². The molecule has 0 nitrogen and oxygen atoms in total. The predicted molar refractivity (Wildman–Crippen MR) is 58.4 cm³/mol. The Morgan fingerprint density at radius 3 is 2.83 bits per heavy atom. The molecule has 0 fully saturated rings. The summed E-state index contributed by atoms with van der Waals surface area (Å²) < 4.78 is 0. The average Bonchev–Trinajstić information content (AvgIpc) is 2.17. The highest BCUT2D eigenvalue weighted by Crippen LogP contribution is 2.25. The van der Waals surface area contributed by atoms with Crippen LogP contribution in [-0.2, 0) is 0 Å². The van der Waals surface area contributed by atoms with Crippen molar-refractivity contribution < 1.29 is 0 Å². The molecule has 0 radical (unpaired) electrons. The number of rotatable bonds is 1. The molecule has 2 atom stereocenters. The zero-order valence-electron chi connectivity index (χ0n) is 8.25. The van der Waals surface area contributed by atoms with E-state index in [9.17, 15) is 0 Å². The zero-order valence-corrected chi connectivity index (χ0v) is 9.07. The average molecular weight is 184 g/mol. The smallest absolute Gasteiger partial charge is 0.00600 e. The summed E-state index contributed by atoms with van der Waals surface area (Å²) >= 11 is 2.00. The highest BCUT2D eigenvalue weighted by molar-refractivity contribution is 8.02. The van der Waals surface area contributed by atoms with Gasteiger partial charge in [0.1, 0.15) is 0 Å². The van der Waals surface area contributed by atoms with Crippen LogP contribution in [0.15, 0.2) is 11.5 Å². The van der Waals surface area contributed by atoms with Crippen LogP contribution in [0.2, 0.25) is 0 Å². The van der Waals surface area contributed by atoms with Gasteiger partial charge in [-0.1, -0.05) is 32.8 Å². The summed E-state index contributed by atoms with van der Waals surface area (Å²) in [6.07, 6.45) is 9.36. The first kappa shape index (κ1) is 10.2. The molecule has 1 heteroatoms. The Bertz CT molecular complexity index is 140. The molecule has 12 heavy (non-hydrogen) atoms. The van der Waals surface area contributed by atoms with E-state index in [4.69, 9.17) is 0 Å². The molecule has 0 saturated heterocycles. The lowest BCUT2D eigenvalue weighted by molar-refractivity contribution is 0.522. The lowest BCUT2D eigenvalue weighted by Crippen LogP contribution is -1.94. The molecule has 0 aromatic carbocycles. The minimum Gasteiger partial charge on any atom is -0.131 e. The Labute approximate surface area is 80.8 Å². The third-order valence-electron chi connectivity index (χ3n) is 2.62. The molecule has 0 aromatic heterocycles. The molecule has 70 valence electrons. The Balaban J connectivity index is 2.40. The zero-order chi connectivity index (χ0) is 8.81. The van der Waals surface area contributed by atoms with Crippen molar-refractivity contribution in [3.05, 3.63) is 11.5 Å². The molecular weight excluding hydrogens is 164 g/mol. The van der Waals surface area contributed by atoms with Gasteiger partial charge >= 0.3 is 0 Å². The largest absolute Gasteiger partial charge is 0.131 e. The van der Waals surface area contributed by atoms with Crippen molar-refractivity contribution in [1.29, 1.82) is 0 Å². The van der Waals surface area contributed by atoms with Crippen LogP contribution in [0.3, 0.4) is 0 Å². The maximum atomic E-state index is 2.41. The lowest BCUT2D eigenvalue weighted by Gasteiger charge is -2.07. The molecule has 0 spiro atoms. The van der Waals surface area contributed by atoms with Gasteiger partial charge in [0, 0.05) is 5.25 Å². The summed E-state index contributed by atoms with van der Waals surface area (Å²) in [7, 11) is 0. The summed E-state index contributed by atoms with van der Waals surface area (Å²) in [6.45, 7) is 4.63. The van der Waals surface area contributed by atoms with Gasteiger partial charge in [-0.3, -0.25) is 0 Å². The van der Waals surface area contributed by atoms with E-state index in [2.05, 4.69) is 25.3 Å². The van der Waals surface area contributed by atoms with Crippen LogP contribution >= 0.6 is 11.8 Å². The van der Waals surface area contributed by atoms with Crippen LogP contribution in [-0.4, -0.2) is 5.25 Å². The minimum atomic E-state index is 0.830. The van der Waals surface area contributed by atoms with E-state index in [0.717, 1.165) is 11.2 Å². The Kier molecular flexibility index (Phi) is 4.82. The molecule has 0 saturated carbocycles. The molecular formula is C11H20S. The van der Waals surface area contributed by atoms with Crippen LogP contribution in [0.1, 0.15) is 46.0 Å². The quantitative estimate of drug-likeness (QED) is 0.588. The highest BCUT2D eigenvalue weighted by Gasteiger charge is 2.06.